The quantitative estimate of drug-likeness (QED) is 0.218. The van der Waals surface area contributed by atoms with Crippen molar-refractivity contribution in [3.63, 3.8) is 0 Å². The van der Waals surface area contributed by atoms with Crippen molar-refractivity contribution in [2.75, 3.05) is 7.11 Å². The summed E-state index contributed by atoms with van der Waals surface area (Å²) in [5.74, 6) is -0.492. The molecule has 0 aromatic heterocycles. The van der Waals surface area contributed by atoms with Gasteiger partial charge in [0.1, 0.15) is 11.8 Å². The molecule has 0 saturated heterocycles. The van der Waals surface area contributed by atoms with E-state index in [-0.39, 0.29) is 17.5 Å². The molecule has 37 heavy (non-hydrogen) atoms. The molecule has 0 aliphatic rings. The molecule has 0 radical (unpaired) electrons. The van der Waals surface area contributed by atoms with Gasteiger partial charge in [-0.15, -0.1) is 0 Å². The van der Waals surface area contributed by atoms with Crippen LogP contribution in [0.4, 0.5) is 0 Å². The molecule has 0 fully saturated rings. The number of hydrogen-bond acceptors (Lipinski definition) is 4. The van der Waals surface area contributed by atoms with Crippen LogP contribution in [-0.4, -0.2) is 34.0 Å². The minimum Gasteiger partial charge on any atom is -0.497 e. The number of aliphatic carboxylic acids is 1. The summed E-state index contributed by atoms with van der Waals surface area (Å²) in [5.41, 5.74) is 3.13. The number of nitrogens with one attached hydrogen (secondary N) is 1. The molecule has 1 atom stereocenters. The van der Waals surface area contributed by atoms with Crippen LogP contribution in [-0.2, 0) is 21.1 Å². The van der Waals surface area contributed by atoms with Gasteiger partial charge in [0.25, 0.3) is 0 Å². The maximum absolute atomic E-state index is 13.1. The van der Waals surface area contributed by atoms with Gasteiger partial charge in [-0.1, -0.05) is 97.1 Å². The summed E-state index contributed by atoms with van der Waals surface area (Å²) in [6, 6.07) is 30.2. The van der Waals surface area contributed by atoms with E-state index in [0.717, 1.165) is 16.9 Å². The third-order valence-corrected chi connectivity index (χ3v) is 7.82. The molecule has 0 aliphatic carbocycles. The number of rotatable bonds is 10. The molecule has 4 N–H and O–H groups in total. The molecular formula is C29H28NO6P. The number of carbonyl (C=O) groups is 1. The topological polar surface area (TPSA) is 116 Å². The number of ether oxygens (including phenoxy) is 1. The second kappa shape index (κ2) is 11.1. The largest absolute Gasteiger partial charge is 0.497 e. The highest BCUT2D eigenvalue weighted by Crippen LogP contribution is 2.59. The van der Waals surface area contributed by atoms with E-state index in [1.807, 2.05) is 48.5 Å². The van der Waals surface area contributed by atoms with E-state index in [1.54, 1.807) is 67.8 Å². The predicted octanol–water partition coefficient (Wildman–Crippen LogP) is 5.03. The second-order valence-corrected chi connectivity index (χ2v) is 10.4. The van der Waals surface area contributed by atoms with E-state index in [2.05, 4.69) is 5.32 Å². The third-order valence-electron chi connectivity index (χ3n) is 6.30. The van der Waals surface area contributed by atoms with Crippen LogP contribution in [0, 0.1) is 0 Å². The lowest BCUT2D eigenvalue weighted by molar-refractivity contribution is -0.139. The van der Waals surface area contributed by atoms with Crippen molar-refractivity contribution in [1.29, 1.82) is 0 Å². The number of carboxylic acid groups (broad SMARTS) is 1. The lowest BCUT2D eigenvalue weighted by Crippen LogP contribution is -2.52. The normalized spacial score (nSPS) is 12.6. The highest BCUT2D eigenvalue weighted by Gasteiger charge is 2.51. The smallest absolute Gasteiger partial charge is 0.354 e. The summed E-state index contributed by atoms with van der Waals surface area (Å²) < 4.78 is 18.4. The Kier molecular flexibility index (Phi) is 7.91. The van der Waals surface area contributed by atoms with Crippen LogP contribution >= 0.6 is 7.60 Å². The summed E-state index contributed by atoms with van der Waals surface area (Å²) in [6.07, 6.45) is 0.00907. The van der Waals surface area contributed by atoms with Gasteiger partial charge in [-0.25, -0.2) is 0 Å². The van der Waals surface area contributed by atoms with Crippen LogP contribution < -0.4 is 10.1 Å². The molecule has 8 heteroatoms. The van der Waals surface area contributed by atoms with Crippen molar-refractivity contribution in [2.45, 2.75) is 17.7 Å². The van der Waals surface area contributed by atoms with Gasteiger partial charge < -0.3 is 19.6 Å². The lowest BCUT2D eigenvalue weighted by Gasteiger charge is -2.38. The van der Waals surface area contributed by atoms with Crippen molar-refractivity contribution >= 4 is 13.6 Å². The first-order chi connectivity index (χ1) is 17.7. The van der Waals surface area contributed by atoms with Gasteiger partial charge in [0, 0.05) is 0 Å². The van der Waals surface area contributed by atoms with Gasteiger partial charge in [0.2, 0.25) is 0 Å². The number of benzene rings is 4. The maximum atomic E-state index is 13.1. The minimum absolute atomic E-state index is 0.00907. The van der Waals surface area contributed by atoms with Gasteiger partial charge in [-0.3, -0.25) is 14.7 Å². The summed E-state index contributed by atoms with van der Waals surface area (Å²) in [4.78, 5) is 33.8. The fraction of sp³-hybridized carbons (Fsp3) is 0.138. The van der Waals surface area contributed by atoms with Gasteiger partial charge >= 0.3 is 13.6 Å². The molecule has 0 spiro atoms. The Morgan fingerprint density at radius 1 is 0.838 bits per heavy atom. The van der Waals surface area contributed by atoms with Crippen molar-refractivity contribution < 1.29 is 29.0 Å². The van der Waals surface area contributed by atoms with Crippen LogP contribution in [0.5, 0.6) is 5.75 Å². The molecule has 7 nitrogen and oxygen atoms in total. The Morgan fingerprint density at radius 3 is 1.89 bits per heavy atom. The van der Waals surface area contributed by atoms with Crippen LogP contribution in [0.25, 0.3) is 11.1 Å². The predicted molar refractivity (Wildman–Crippen MR) is 142 cm³/mol. The van der Waals surface area contributed by atoms with Gasteiger partial charge in [0.15, 0.2) is 5.28 Å². The highest BCUT2D eigenvalue weighted by molar-refractivity contribution is 7.53. The average molecular weight is 518 g/mol. The van der Waals surface area contributed by atoms with Crippen molar-refractivity contribution in [1.82, 2.24) is 5.32 Å². The molecular weight excluding hydrogens is 489 g/mol. The number of carboxylic acids is 1. The van der Waals surface area contributed by atoms with E-state index in [1.165, 1.54) is 0 Å². The van der Waals surface area contributed by atoms with E-state index in [4.69, 9.17) is 4.74 Å². The first-order valence-electron chi connectivity index (χ1n) is 11.6. The summed E-state index contributed by atoms with van der Waals surface area (Å²) in [5, 5.41) is 10.9. The van der Waals surface area contributed by atoms with Gasteiger partial charge in [-0.2, -0.15) is 0 Å². The average Bonchev–Trinajstić information content (AvgIpc) is 2.91. The summed E-state index contributed by atoms with van der Waals surface area (Å²) in [7, 11) is -3.39. The molecule has 1 unspecified atom stereocenters. The number of methoxy groups -OCH3 is 1. The van der Waals surface area contributed by atoms with Crippen molar-refractivity contribution in [2.24, 2.45) is 0 Å². The zero-order chi connectivity index (χ0) is 26.5. The van der Waals surface area contributed by atoms with E-state index < -0.39 is 24.9 Å². The molecule has 190 valence electrons. The van der Waals surface area contributed by atoms with Crippen LogP contribution in [0.15, 0.2) is 109 Å². The van der Waals surface area contributed by atoms with Gasteiger partial charge in [-0.05, 0) is 46.4 Å². The van der Waals surface area contributed by atoms with Crippen molar-refractivity contribution in [3.05, 3.63) is 126 Å². The second-order valence-electron chi connectivity index (χ2n) is 8.65. The first kappa shape index (κ1) is 26.3. The molecule has 0 bridgehead atoms. The Balaban J connectivity index is 1.71. The van der Waals surface area contributed by atoms with E-state index in [0.29, 0.717) is 5.56 Å². The van der Waals surface area contributed by atoms with Gasteiger partial charge in [0.05, 0.1) is 7.11 Å². The molecule has 0 amide bonds. The number of hydrogen-bond donors (Lipinski definition) is 4. The fourth-order valence-corrected chi connectivity index (χ4v) is 5.73. The standard InChI is InChI=1S/C29H28NO6P/c1-36-26-14-8-9-23(20-26)22-17-15-21(16-18-22)19-27(28(31)32)30-29(37(33,34)35,24-10-4-2-5-11-24)25-12-6-3-7-13-25/h2-18,20,27,30H,19H2,1H3,(H,31,32)(H2,33,34,35). The SMILES string of the molecule is COc1cccc(-c2ccc(CC(NC(c3ccccc3)(c3ccccc3)P(=O)(O)O)C(=O)O)cc2)c1. The third kappa shape index (κ3) is 5.66. The molecule has 0 aliphatic heterocycles. The fourth-order valence-electron chi connectivity index (χ4n) is 4.44. The molecule has 0 heterocycles. The zero-order valence-corrected chi connectivity index (χ0v) is 21.1. The Bertz CT molecular complexity index is 1350. The zero-order valence-electron chi connectivity index (χ0n) is 20.2. The monoisotopic (exact) mass is 517 g/mol. The summed E-state index contributed by atoms with van der Waals surface area (Å²) >= 11 is 0. The molecule has 4 rings (SSSR count). The maximum Gasteiger partial charge on any atom is 0.354 e. The lowest BCUT2D eigenvalue weighted by atomic mass is 9.95. The minimum atomic E-state index is -4.99. The van der Waals surface area contributed by atoms with E-state index >= 15 is 0 Å². The van der Waals surface area contributed by atoms with Crippen LogP contribution in [0.3, 0.4) is 0 Å². The highest BCUT2D eigenvalue weighted by atomic mass is 31.2. The van der Waals surface area contributed by atoms with Crippen molar-refractivity contribution in [3.8, 4) is 16.9 Å². The van der Waals surface area contributed by atoms with Crippen LogP contribution in [0.2, 0.25) is 0 Å². The Morgan fingerprint density at radius 2 is 1.41 bits per heavy atom. The first-order valence-corrected chi connectivity index (χ1v) is 13.3. The molecule has 4 aromatic rings. The van der Waals surface area contributed by atoms with E-state index in [9.17, 15) is 24.3 Å². The summed E-state index contributed by atoms with van der Waals surface area (Å²) in [6.45, 7) is 0. The Labute approximate surface area is 215 Å². The van der Waals surface area contributed by atoms with Crippen LogP contribution in [0.1, 0.15) is 16.7 Å². The molecule has 4 aromatic carbocycles. The Hall–Kier alpha value is -3.74. The molecule has 0 saturated carbocycles.